The van der Waals surface area contributed by atoms with Gasteiger partial charge in [-0.15, -0.1) is 0 Å². The van der Waals surface area contributed by atoms with Crippen molar-refractivity contribution in [3.8, 4) is 17.2 Å². The second kappa shape index (κ2) is 10.2. The van der Waals surface area contributed by atoms with E-state index in [-0.39, 0.29) is 11.5 Å². The Bertz CT molecular complexity index is 803. The highest BCUT2D eigenvalue weighted by molar-refractivity contribution is 5.92. The van der Waals surface area contributed by atoms with Gasteiger partial charge in [-0.1, -0.05) is 12.1 Å². The Labute approximate surface area is 164 Å². The Morgan fingerprint density at radius 3 is 2.32 bits per heavy atom. The molecule has 0 saturated heterocycles. The molecule has 0 radical (unpaired) electrons. The summed E-state index contributed by atoms with van der Waals surface area (Å²) in [6.45, 7) is 4.17. The second-order valence-corrected chi connectivity index (χ2v) is 5.91. The molecule has 2 aromatic rings. The maximum absolute atomic E-state index is 12.3. The Morgan fingerprint density at radius 1 is 1.00 bits per heavy atom. The Hall–Kier alpha value is -3.22. The molecule has 0 aromatic heterocycles. The molecule has 0 saturated carbocycles. The summed E-state index contributed by atoms with van der Waals surface area (Å²) in [6.07, 6.45) is -0.941. The summed E-state index contributed by atoms with van der Waals surface area (Å²) in [5, 5.41) is 2.74. The molecule has 0 bridgehead atoms. The second-order valence-electron chi connectivity index (χ2n) is 5.91. The van der Waals surface area contributed by atoms with Gasteiger partial charge in [0.05, 0.1) is 26.4 Å². The van der Waals surface area contributed by atoms with E-state index in [0.717, 1.165) is 11.3 Å². The van der Waals surface area contributed by atoms with Crippen LogP contribution in [0.3, 0.4) is 0 Å². The van der Waals surface area contributed by atoms with Gasteiger partial charge < -0.3 is 24.3 Å². The molecule has 2 aromatic carbocycles. The van der Waals surface area contributed by atoms with Crippen LogP contribution in [-0.2, 0) is 16.1 Å². The number of hydrogen-bond donors (Lipinski definition) is 1. The zero-order valence-electron chi connectivity index (χ0n) is 16.5. The average Bonchev–Trinajstić information content (AvgIpc) is 2.72. The molecule has 0 aliphatic heterocycles. The lowest BCUT2D eigenvalue weighted by Gasteiger charge is -2.15. The summed E-state index contributed by atoms with van der Waals surface area (Å²) in [5.74, 6) is 0.693. The molecule has 0 spiro atoms. The highest BCUT2D eigenvalue weighted by Gasteiger charge is 2.20. The van der Waals surface area contributed by atoms with Gasteiger partial charge in [-0.05, 0) is 49.7 Å². The minimum Gasteiger partial charge on any atom is -0.497 e. The number of esters is 1. The van der Waals surface area contributed by atoms with Crippen molar-refractivity contribution in [3.63, 3.8) is 0 Å². The number of carbonyl (C=O) groups is 2. The fourth-order valence-corrected chi connectivity index (χ4v) is 2.43. The fourth-order valence-electron chi connectivity index (χ4n) is 2.43. The molecular weight excluding hydrogens is 362 g/mol. The van der Waals surface area contributed by atoms with Crippen LogP contribution in [0.5, 0.6) is 17.2 Å². The largest absolute Gasteiger partial charge is 0.497 e. The number of carbonyl (C=O) groups excluding carboxylic acids is 2. The van der Waals surface area contributed by atoms with Crippen LogP contribution >= 0.6 is 0 Å². The van der Waals surface area contributed by atoms with E-state index in [2.05, 4.69) is 5.32 Å². The third-order valence-corrected chi connectivity index (χ3v) is 3.98. The maximum Gasteiger partial charge on any atom is 0.339 e. The topological polar surface area (TPSA) is 83.1 Å². The minimum atomic E-state index is -0.941. The van der Waals surface area contributed by atoms with Crippen molar-refractivity contribution in [3.05, 3.63) is 53.6 Å². The summed E-state index contributed by atoms with van der Waals surface area (Å²) in [6, 6.07) is 12.0. The van der Waals surface area contributed by atoms with Gasteiger partial charge in [0.1, 0.15) is 5.75 Å². The first kappa shape index (κ1) is 21.1. The van der Waals surface area contributed by atoms with Gasteiger partial charge in [0, 0.05) is 6.54 Å². The lowest BCUT2D eigenvalue weighted by Crippen LogP contribution is -2.35. The molecule has 1 N–H and O–H groups in total. The van der Waals surface area contributed by atoms with Crippen LogP contribution in [0, 0.1) is 0 Å². The van der Waals surface area contributed by atoms with Gasteiger partial charge in [0.2, 0.25) is 0 Å². The first-order valence-corrected chi connectivity index (χ1v) is 8.91. The van der Waals surface area contributed by atoms with E-state index >= 15 is 0 Å². The lowest BCUT2D eigenvalue weighted by molar-refractivity contribution is -0.129. The first-order valence-electron chi connectivity index (χ1n) is 8.91. The molecule has 0 fully saturated rings. The van der Waals surface area contributed by atoms with Crippen molar-refractivity contribution in [1.82, 2.24) is 5.32 Å². The molecule has 1 amide bonds. The van der Waals surface area contributed by atoms with Gasteiger partial charge >= 0.3 is 5.97 Å². The van der Waals surface area contributed by atoms with Crippen LogP contribution in [0.25, 0.3) is 0 Å². The predicted molar refractivity (Wildman–Crippen MR) is 104 cm³/mol. The summed E-state index contributed by atoms with van der Waals surface area (Å²) >= 11 is 0. The average molecular weight is 387 g/mol. The number of benzene rings is 2. The van der Waals surface area contributed by atoms with Crippen LogP contribution in [0.1, 0.15) is 29.8 Å². The number of methoxy groups -OCH3 is 2. The molecule has 1 atom stereocenters. The molecule has 0 unspecified atom stereocenters. The van der Waals surface area contributed by atoms with Crippen LogP contribution in [0.4, 0.5) is 0 Å². The number of nitrogens with one attached hydrogen (secondary N) is 1. The number of ether oxygens (including phenoxy) is 4. The molecule has 0 heterocycles. The van der Waals surface area contributed by atoms with Crippen molar-refractivity contribution < 1.29 is 28.5 Å². The van der Waals surface area contributed by atoms with E-state index in [4.69, 9.17) is 18.9 Å². The van der Waals surface area contributed by atoms with Crippen LogP contribution < -0.4 is 19.5 Å². The van der Waals surface area contributed by atoms with E-state index in [1.165, 1.54) is 20.1 Å². The number of hydrogen-bond acceptors (Lipinski definition) is 6. The normalized spacial score (nSPS) is 11.3. The Balaban J connectivity index is 1.92. The fraction of sp³-hybridized carbons (Fsp3) is 0.333. The number of rotatable bonds is 9. The van der Waals surface area contributed by atoms with Crippen molar-refractivity contribution in [2.45, 2.75) is 26.5 Å². The summed E-state index contributed by atoms with van der Waals surface area (Å²) in [7, 11) is 3.08. The van der Waals surface area contributed by atoms with Crippen LogP contribution in [0.2, 0.25) is 0 Å². The van der Waals surface area contributed by atoms with Crippen molar-refractivity contribution in [1.29, 1.82) is 0 Å². The van der Waals surface area contributed by atoms with Crippen molar-refractivity contribution in [2.24, 2.45) is 0 Å². The first-order chi connectivity index (χ1) is 13.5. The molecule has 2 rings (SSSR count). The molecule has 150 valence electrons. The molecular formula is C21H25NO6. The molecule has 28 heavy (non-hydrogen) atoms. The Kier molecular flexibility index (Phi) is 7.68. The van der Waals surface area contributed by atoms with E-state index in [9.17, 15) is 9.59 Å². The molecule has 7 heteroatoms. The lowest BCUT2D eigenvalue weighted by atomic mass is 10.2. The smallest absolute Gasteiger partial charge is 0.339 e. The third-order valence-electron chi connectivity index (χ3n) is 3.98. The van der Waals surface area contributed by atoms with Crippen molar-refractivity contribution >= 4 is 11.9 Å². The quantitative estimate of drug-likeness (QED) is 0.666. The van der Waals surface area contributed by atoms with E-state index < -0.39 is 12.1 Å². The molecule has 7 nitrogen and oxygen atoms in total. The van der Waals surface area contributed by atoms with Gasteiger partial charge in [-0.3, -0.25) is 4.79 Å². The van der Waals surface area contributed by atoms with Gasteiger partial charge in [0.25, 0.3) is 5.91 Å². The molecule has 0 aliphatic carbocycles. The highest BCUT2D eigenvalue weighted by Crippen LogP contribution is 2.28. The molecule has 0 aliphatic rings. The van der Waals surface area contributed by atoms with E-state index in [0.29, 0.717) is 24.7 Å². The Morgan fingerprint density at radius 2 is 1.71 bits per heavy atom. The highest BCUT2D eigenvalue weighted by atomic mass is 16.5. The third kappa shape index (κ3) is 5.64. The zero-order valence-corrected chi connectivity index (χ0v) is 16.5. The summed E-state index contributed by atoms with van der Waals surface area (Å²) < 4.78 is 21.0. The maximum atomic E-state index is 12.3. The summed E-state index contributed by atoms with van der Waals surface area (Å²) in [4.78, 5) is 24.5. The van der Waals surface area contributed by atoms with Crippen LogP contribution in [-0.4, -0.2) is 38.8 Å². The van der Waals surface area contributed by atoms with Crippen molar-refractivity contribution in [2.75, 3.05) is 20.8 Å². The standard InChI is InChI=1S/C21H25NO6/c1-5-27-18-11-8-16(12-19(18)26-4)21(24)28-14(2)20(23)22-13-15-6-9-17(25-3)10-7-15/h6-12,14H,5,13H2,1-4H3,(H,22,23)/t14-/m1/s1. The number of amides is 1. The van der Waals surface area contributed by atoms with Gasteiger partial charge in [-0.2, -0.15) is 0 Å². The summed E-state index contributed by atoms with van der Waals surface area (Å²) in [5.41, 5.74) is 1.18. The van der Waals surface area contributed by atoms with Gasteiger partial charge in [0.15, 0.2) is 17.6 Å². The minimum absolute atomic E-state index is 0.273. The van der Waals surface area contributed by atoms with E-state index in [1.807, 2.05) is 31.2 Å². The monoisotopic (exact) mass is 387 g/mol. The predicted octanol–water partition coefficient (Wildman–Crippen LogP) is 2.96. The van der Waals surface area contributed by atoms with E-state index in [1.54, 1.807) is 19.2 Å². The zero-order chi connectivity index (χ0) is 20.5. The van der Waals surface area contributed by atoms with Gasteiger partial charge in [-0.25, -0.2) is 4.79 Å². The van der Waals surface area contributed by atoms with Crippen LogP contribution in [0.15, 0.2) is 42.5 Å². The SMILES string of the molecule is CCOc1ccc(C(=O)O[C@H](C)C(=O)NCc2ccc(OC)cc2)cc1OC.